The van der Waals surface area contributed by atoms with E-state index in [-0.39, 0.29) is 0 Å². The van der Waals surface area contributed by atoms with Crippen LogP contribution < -0.4 is 20.3 Å². The molecule has 3 rings (SSSR count). The van der Waals surface area contributed by atoms with Gasteiger partial charge in [-0.2, -0.15) is 0 Å². The Labute approximate surface area is 143 Å². The van der Waals surface area contributed by atoms with Crippen LogP contribution in [0.4, 0.5) is 0 Å². The second-order valence-corrected chi connectivity index (χ2v) is 10.1. The number of halogens is 1. The van der Waals surface area contributed by atoms with Gasteiger partial charge in [-0.3, -0.25) is 0 Å². The van der Waals surface area contributed by atoms with Gasteiger partial charge in [0.2, 0.25) is 0 Å². The van der Waals surface area contributed by atoms with Gasteiger partial charge in [-0.1, -0.05) is 72.8 Å². The van der Waals surface area contributed by atoms with Gasteiger partial charge in [-0.05, 0) is 27.7 Å². The molecule has 23 heavy (non-hydrogen) atoms. The van der Waals surface area contributed by atoms with Crippen molar-refractivity contribution in [2.75, 3.05) is 12.6 Å². The first kappa shape index (κ1) is 15.8. The highest BCUT2D eigenvalue weighted by Gasteiger charge is 2.38. The van der Waals surface area contributed by atoms with Crippen molar-refractivity contribution in [3.63, 3.8) is 0 Å². The van der Waals surface area contributed by atoms with E-state index in [1.165, 1.54) is 15.6 Å². The molecule has 3 aromatic carbocycles. The molecule has 0 unspecified atom stereocenters. The van der Waals surface area contributed by atoms with E-state index < -0.39 is 8.07 Å². The van der Waals surface area contributed by atoms with Crippen LogP contribution in [0, 0.1) is 0 Å². The summed E-state index contributed by atoms with van der Waals surface area (Å²) in [4.78, 5) is 0. The van der Waals surface area contributed by atoms with Gasteiger partial charge in [0.15, 0.2) is 8.07 Å². The van der Waals surface area contributed by atoms with Crippen LogP contribution in [0.5, 0.6) is 5.75 Å². The van der Waals surface area contributed by atoms with Crippen molar-refractivity contribution in [2.45, 2.75) is 0 Å². The molecule has 0 amide bonds. The zero-order valence-electron chi connectivity index (χ0n) is 13.1. The molecular formula is C20H19ClOSi. The molecule has 0 radical (unpaired) electrons. The second-order valence-electron chi connectivity index (χ2n) is 5.50. The average Bonchev–Trinajstić information content (AvgIpc) is 2.65. The Morgan fingerprint density at radius 2 is 1.13 bits per heavy atom. The van der Waals surface area contributed by atoms with Crippen LogP contribution in [-0.4, -0.2) is 20.7 Å². The predicted octanol–water partition coefficient (Wildman–Crippen LogP) is 2.94. The molecule has 0 bridgehead atoms. The van der Waals surface area contributed by atoms with E-state index >= 15 is 0 Å². The molecule has 116 valence electrons. The number of hydrogen-bond donors (Lipinski definition) is 0. The number of rotatable bonds is 5. The van der Waals surface area contributed by atoms with Gasteiger partial charge in [0.1, 0.15) is 5.75 Å². The maximum Gasteiger partial charge on any atom is 0.162 e. The number of ether oxygens (including phenoxy) is 1. The molecule has 0 fully saturated rings. The molecule has 3 heteroatoms. The summed E-state index contributed by atoms with van der Waals surface area (Å²) in [6, 6.07) is 29.6. The zero-order valence-corrected chi connectivity index (χ0v) is 14.8. The van der Waals surface area contributed by atoms with Gasteiger partial charge >= 0.3 is 0 Å². The van der Waals surface area contributed by atoms with Gasteiger partial charge < -0.3 is 4.74 Å². The quantitative estimate of drug-likeness (QED) is 0.395. The summed E-state index contributed by atoms with van der Waals surface area (Å²) >= 11 is 6.63. The van der Waals surface area contributed by atoms with Crippen molar-refractivity contribution >= 4 is 35.2 Å². The monoisotopic (exact) mass is 338 g/mol. The number of alkyl halides is 1. The first-order valence-corrected chi connectivity index (χ1v) is 10.4. The van der Waals surface area contributed by atoms with Crippen molar-refractivity contribution in [1.82, 2.24) is 0 Å². The van der Waals surface area contributed by atoms with E-state index in [1.807, 2.05) is 12.1 Å². The molecule has 0 heterocycles. The summed E-state index contributed by atoms with van der Waals surface area (Å²) in [5.74, 6) is 0.868. The van der Waals surface area contributed by atoms with Crippen LogP contribution in [0.25, 0.3) is 0 Å². The molecule has 0 saturated carbocycles. The van der Waals surface area contributed by atoms with Crippen LogP contribution in [0.1, 0.15) is 0 Å². The van der Waals surface area contributed by atoms with E-state index in [1.54, 1.807) is 7.11 Å². The highest BCUT2D eigenvalue weighted by atomic mass is 35.5. The Bertz CT molecular complexity index is 702. The van der Waals surface area contributed by atoms with Crippen LogP contribution in [0.15, 0.2) is 84.9 Å². The summed E-state index contributed by atoms with van der Waals surface area (Å²) < 4.78 is 5.31. The minimum atomic E-state index is -2.22. The average molecular weight is 339 g/mol. The van der Waals surface area contributed by atoms with Gasteiger partial charge in [-0.25, -0.2) is 0 Å². The topological polar surface area (TPSA) is 9.23 Å². The number of benzene rings is 3. The Kier molecular flexibility index (Phi) is 4.84. The number of methoxy groups -OCH3 is 1. The fourth-order valence-corrected chi connectivity index (χ4v) is 8.16. The van der Waals surface area contributed by atoms with Crippen molar-refractivity contribution in [1.29, 1.82) is 0 Å². The Morgan fingerprint density at radius 1 is 0.696 bits per heavy atom. The second kappa shape index (κ2) is 7.03. The molecule has 0 aromatic heterocycles. The molecule has 0 spiro atoms. The minimum Gasteiger partial charge on any atom is -0.497 e. The lowest BCUT2D eigenvalue weighted by Crippen LogP contribution is -2.69. The third-order valence-corrected chi connectivity index (χ3v) is 9.88. The van der Waals surface area contributed by atoms with E-state index in [2.05, 4.69) is 72.8 Å². The van der Waals surface area contributed by atoms with E-state index in [4.69, 9.17) is 16.3 Å². The van der Waals surface area contributed by atoms with E-state index in [0.29, 0.717) is 5.50 Å². The first-order valence-electron chi connectivity index (χ1n) is 7.63. The molecule has 0 saturated heterocycles. The fourth-order valence-electron chi connectivity index (χ4n) is 3.05. The van der Waals surface area contributed by atoms with Gasteiger partial charge in [0.05, 0.1) is 7.11 Å². The summed E-state index contributed by atoms with van der Waals surface area (Å²) in [5, 5.41) is 3.95. The van der Waals surface area contributed by atoms with Crippen LogP contribution >= 0.6 is 11.6 Å². The van der Waals surface area contributed by atoms with Gasteiger partial charge in [0, 0.05) is 5.50 Å². The molecule has 1 nitrogen and oxygen atoms in total. The van der Waals surface area contributed by atoms with Crippen LogP contribution in [0.3, 0.4) is 0 Å². The largest absolute Gasteiger partial charge is 0.497 e. The van der Waals surface area contributed by atoms with Crippen molar-refractivity contribution < 1.29 is 4.74 Å². The van der Waals surface area contributed by atoms with Crippen LogP contribution in [0.2, 0.25) is 0 Å². The van der Waals surface area contributed by atoms with Crippen molar-refractivity contribution in [2.24, 2.45) is 0 Å². The zero-order chi connectivity index (χ0) is 16.1. The Morgan fingerprint density at radius 3 is 1.52 bits per heavy atom. The number of hydrogen-bond acceptors (Lipinski definition) is 1. The SMILES string of the molecule is COc1ccc([Si](CCl)(c2ccccc2)c2ccccc2)cc1. The van der Waals surface area contributed by atoms with Crippen LogP contribution in [-0.2, 0) is 0 Å². The Hall–Kier alpha value is -2.03. The van der Waals surface area contributed by atoms with Crippen molar-refractivity contribution in [3.8, 4) is 5.75 Å². The highest BCUT2D eigenvalue weighted by molar-refractivity contribution is 7.14. The maximum absolute atomic E-state index is 6.63. The summed E-state index contributed by atoms with van der Waals surface area (Å²) in [7, 11) is -0.533. The summed E-state index contributed by atoms with van der Waals surface area (Å²) in [5.41, 5.74) is 0.605. The third kappa shape index (κ3) is 2.92. The maximum atomic E-state index is 6.63. The van der Waals surface area contributed by atoms with E-state index in [0.717, 1.165) is 5.75 Å². The fraction of sp³-hybridized carbons (Fsp3) is 0.100. The van der Waals surface area contributed by atoms with E-state index in [9.17, 15) is 0 Å². The molecule has 0 aliphatic heterocycles. The lowest BCUT2D eigenvalue weighted by atomic mass is 10.3. The highest BCUT2D eigenvalue weighted by Crippen LogP contribution is 2.13. The molecule has 3 aromatic rings. The van der Waals surface area contributed by atoms with Gasteiger partial charge in [-0.15, -0.1) is 11.6 Å². The molecule has 0 N–H and O–H groups in total. The molecular weight excluding hydrogens is 320 g/mol. The van der Waals surface area contributed by atoms with Gasteiger partial charge in [0.25, 0.3) is 0 Å². The third-order valence-electron chi connectivity index (χ3n) is 4.32. The Balaban J connectivity index is 2.24. The first-order chi connectivity index (χ1) is 11.3. The molecule has 0 atom stereocenters. The predicted molar refractivity (Wildman–Crippen MR) is 101 cm³/mol. The molecule has 0 aliphatic carbocycles. The smallest absolute Gasteiger partial charge is 0.162 e. The molecule has 0 aliphatic rings. The summed E-state index contributed by atoms with van der Waals surface area (Å²) in [6.45, 7) is 0. The lowest BCUT2D eigenvalue weighted by molar-refractivity contribution is 0.415. The normalized spacial score (nSPS) is 11.2. The van der Waals surface area contributed by atoms with Crippen molar-refractivity contribution in [3.05, 3.63) is 84.9 Å². The minimum absolute atomic E-state index is 0.605. The summed E-state index contributed by atoms with van der Waals surface area (Å²) in [6.07, 6.45) is 0. The lowest BCUT2D eigenvalue weighted by Gasteiger charge is -2.31. The standard InChI is InChI=1S/C20H19ClOSi/c1-22-17-12-14-20(15-13-17)23(16-21,18-8-4-2-5-9-18)19-10-6-3-7-11-19/h2-15H,16H2,1H3.